The second kappa shape index (κ2) is 9.43. The largest absolute Gasteiger partial charge is 0.472 e. The van der Waals surface area contributed by atoms with E-state index < -0.39 is 105 Å². The van der Waals surface area contributed by atoms with Crippen molar-refractivity contribution >= 4 is 29.8 Å². The van der Waals surface area contributed by atoms with Crippen LogP contribution in [0.4, 0.5) is 0 Å². The normalized spacial score (nSPS) is 50.9. The molecule has 3 aliphatic heterocycles. The number of esters is 5. The molecule has 13 atom stereocenters. The van der Waals surface area contributed by atoms with Gasteiger partial charge in [-0.3, -0.25) is 24.0 Å². The van der Waals surface area contributed by atoms with Gasteiger partial charge in [0.15, 0.2) is 12.2 Å². The van der Waals surface area contributed by atoms with Gasteiger partial charge in [-0.15, -0.1) is 0 Å². The summed E-state index contributed by atoms with van der Waals surface area (Å²) in [7, 11) is 1.30. The minimum absolute atomic E-state index is 0.125. The van der Waals surface area contributed by atoms with E-state index in [1.54, 1.807) is 13.0 Å². The summed E-state index contributed by atoms with van der Waals surface area (Å²) in [5.41, 5.74) is -9.35. The molecule has 0 aromatic carbocycles. The van der Waals surface area contributed by atoms with Crippen LogP contribution in [0.5, 0.6) is 0 Å². The zero-order valence-electron chi connectivity index (χ0n) is 28.9. The Morgan fingerprint density at radius 2 is 1.55 bits per heavy atom. The maximum atomic E-state index is 13.8. The van der Waals surface area contributed by atoms with E-state index in [-0.39, 0.29) is 19.3 Å². The molecule has 4 heterocycles. The number of rotatable bonds is 6. The van der Waals surface area contributed by atoms with Crippen molar-refractivity contribution in [3.8, 4) is 0 Å². The van der Waals surface area contributed by atoms with E-state index in [0.717, 1.165) is 0 Å². The summed E-state index contributed by atoms with van der Waals surface area (Å²) in [4.78, 5) is 67.1. The molecular formula is C35H42O14. The Hall–Kier alpha value is -3.49. The number of carbonyl (C=O) groups is 5. The van der Waals surface area contributed by atoms with Crippen molar-refractivity contribution in [3.05, 3.63) is 24.2 Å². The van der Waals surface area contributed by atoms with Gasteiger partial charge >= 0.3 is 29.8 Å². The van der Waals surface area contributed by atoms with Crippen molar-refractivity contribution in [3.63, 3.8) is 0 Å². The first kappa shape index (κ1) is 32.7. The van der Waals surface area contributed by atoms with Crippen LogP contribution in [0.25, 0.3) is 0 Å². The number of fused-ring (bicyclic) bond motifs is 3. The van der Waals surface area contributed by atoms with Crippen LogP contribution >= 0.6 is 0 Å². The molecular weight excluding hydrogens is 644 g/mol. The molecule has 266 valence electrons. The Balaban J connectivity index is 1.50. The molecule has 4 aliphatic carbocycles. The van der Waals surface area contributed by atoms with Crippen LogP contribution in [0, 0.1) is 28.1 Å². The van der Waals surface area contributed by atoms with Crippen molar-refractivity contribution in [1.82, 2.24) is 0 Å². The Morgan fingerprint density at radius 3 is 2.16 bits per heavy atom. The topological polar surface area (TPSA) is 172 Å². The molecule has 0 N–H and O–H groups in total. The lowest BCUT2D eigenvalue weighted by molar-refractivity contribution is -0.477. The van der Waals surface area contributed by atoms with Gasteiger partial charge in [-0.25, -0.2) is 0 Å². The Labute approximate surface area is 282 Å². The van der Waals surface area contributed by atoms with Crippen LogP contribution in [-0.4, -0.2) is 77.5 Å². The SMILES string of the molecule is COC(=O)C[C@H]1[C@@]2(C)C[C@@]34O[C@]5(C)O[C@]6([C@@H]7CC(=O)O[C@@H](c8ccoc8)[C@]7(C)CC[C@]6(O5)[C@]13C)[C@H](OC(C)=O)[C@@]4(OC(C)=O)[C@H]2OC(C)=O. The lowest BCUT2D eigenvalue weighted by atomic mass is 9.33. The van der Waals surface area contributed by atoms with Crippen molar-refractivity contribution in [1.29, 1.82) is 0 Å². The second-order valence-electron chi connectivity index (χ2n) is 15.9. The van der Waals surface area contributed by atoms with Gasteiger partial charge in [0.1, 0.15) is 22.9 Å². The van der Waals surface area contributed by atoms with Gasteiger partial charge in [0, 0.05) is 61.8 Å². The number of methoxy groups -OCH3 is 1. The van der Waals surface area contributed by atoms with Crippen molar-refractivity contribution in [2.75, 3.05) is 7.11 Å². The third kappa shape index (κ3) is 3.33. The van der Waals surface area contributed by atoms with E-state index >= 15 is 0 Å². The van der Waals surface area contributed by atoms with Gasteiger partial charge in [-0.2, -0.15) is 0 Å². The molecule has 14 nitrogen and oxygen atoms in total. The van der Waals surface area contributed by atoms with E-state index in [2.05, 4.69) is 0 Å². The first-order valence-electron chi connectivity index (χ1n) is 16.8. The summed E-state index contributed by atoms with van der Waals surface area (Å²) in [6.45, 7) is 11.1. The number of furan rings is 1. The van der Waals surface area contributed by atoms with Crippen molar-refractivity contribution in [2.45, 2.75) is 127 Å². The average Bonchev–Trinajstić information content (AvgIpc) is 3.70. The highest BCUT2D eigenvalue weighted by molar-refractivity contribution is 5.75. The molecule has 1 aromatic heterocycles. The smallest absolute Gasteiger partial charge is 0.306 e. The molecule has 0 amide bonds. The quantitative estimate of drug-likeness (QED) is 0.315. The van der Waals surface area contributed by atoms with Crippen LogP contribution in [0.15, 0.2) is 23.0 Å². The lowest BCUT2D eigenvalue weighted by Crippen LogP contribution is -2.94. The van der Waals surface area contributed by atoms with E-state index in [0.29, 0.717) is 18.4 Å². The molecule has 7 aliphatic rings. The minimum Gasteiger partial charge on any atom is -0.472 e. The van der Waals surface area contributed by atoms with Crippen molar-refractivity contribution in [2.24, 2.45) is 28.1 Å². The number of carbonyl (C=O) groups excluding carboxylic acids is 5. The van der Waals surface area contributed by atoms with E-state index in [1.807, 2.05) is 20.8 Å². The molecule has 7 fully saturated rings. The van der Waals surface area contributed by atoms with Gasteiger partial charge in [0.05, 0.1) is 26.1 Å². The van der Waals surface area contributed by atoms with Gasteiger partial charge in [0.2, 0.25) is 5.60 Å². The zero-order chi connectivity index (χ0) is 35.4. The Bertz CT molecular complexity index is 1690. The van der Waals surface area contributed by atoms with E-state index in [1.165, 1.54) is 40.4 Å². The number of hydrogen-bond donors (Lipinski definition) is 0. The molecule has 14 heteroatoms. The lowest BCUT2D eigenvalue weighted by Gasteiger charge is -2.77. The first-order valence-corrected chi connectivity index (χ1v) is 16.8. The molecule has 0 unspecified atom stereocenters. The number of cyclic esters (lactones) is 1. The summed E-state index contributed by atoms with van der Waals surface area (Å²) in [5, 5.41) is 0. The molecule has 4 bridgehead atoms. The van der Waals surface area contributed by atoms with Crippen LogP contribution in [0.2, 0.25) is 0 Å². The van der Waals surface area contributed by atoms with Gasteiger partial charge in [0.25, 0.3) is 5.97 Å². The molecule has 1 aromatic rings. The molecule has 4 saturated carbocycles. The molecule has 2 spiro atoms. The van der Waals surface area contributed by atoms with E-state index in [9.17, 15) is 24.0 Å². The summed E-state index contributed by atoms with van der Waals surface area (Å²) >= 11 is 0. The third-order valence-corrected chi connectivity index (χ3v) is 13.8. The first-order chi connectivity index (χ1) is 22.9. The fourth-order valence-corrected chi connectivity index (χ4v) is 12.8. The van der Waals surface area contributed by atoms with Crippen LogP contribution in [0.3, 0.4) is 0 Å². The van der Waals surface area contributed by atoms with Gasteiger partial charge < -0.3 is 42.3 Å². The predicted molar refractivity (Wildman–Crippen MR) is 159 cm³/mol. The second-order valence-corrected chi connectivity index (χ2v) is 15.9. The van der Waals surface area contributed by atoms with E-state index in [4.69, 9.17) is 42.3 Å². The fraction of sp³-hybridized carbons (Fsp3) is 0.743. The number of hydrogen-bond acceptors (Lipinski definition) is 14. The molecule has 3 saturated heterocycles. The minimum atomic E-state index is -2.01. The molecule has 49 heavy (non-hydrogen) atoms. The highest BCUT2D eigenvalue weighted by Crippen LogP contribution is 2.90. The summed E-state index contributed by atoms with van der Waals surface area (Å²) in [6.07, 6.45) is -0.00265. The Morgan fingerprint density at radius 1 is 0.878 bits per heavy atom. The van der Waals surface area contributed by atoms with Gasteiger partial charge in [-0.05, 0) is 31.2 Å². The highest BCUT2D eigenvalue weighted by Gasteiger charge is 3.05. The standard InChI is InChI=1S/C35H42O14/c1-17(36)43-26-29(5)16-33-30(6,21(29)13-23(39)41-8)32-11-10-28(4)22(14-24(40)45-25(28)20-9-12-42-15-20)34(32,49-31(7,47-32)48-33)27(44-18(2)37)35(26,33)46-19(3)38/h9,12,15,21-22,25-27H,10-11,13-14,16H2,1-8H3/t21-,22+,25-,26-,27-,28+,29+,30-,31+,32-,33+,34+,35-/m0/s1. The van der Waals surface area contributed by atoms with Crippen LogP contribution in [0.1, 0.15) is 92.2 Å². The summed E-state index contributed by atoms with van der Waals surface area (Å²) in [5.74, 6) is -6.47. The molecule has 0 radical (unpaired) electrons. The summed E-state index contributed by atoms with van der Waals surface area (Å²) in [6, 6.07) is 1.73. The van der Waals surface area contributed by atoms with Crippen LogP contribution < -0.4 is 0 Å². The average molecular weight is 687 g/mol. The van der Waals surface area contributed by atoms with Crippen molar-refractivity contribution < 1.29 is 66.3 Å². The maximum Gasteiger partial charge on any atom is 0.306 e. The summed E-state index contributed by atoms with van der Waals surface area (Å²) < 4.78 is 57.3. The van der Waals surface area contributed by atoms with Crippen LogP contribution in [-0.2, 0) is 61.9 Å². The highest BCUT2D eigenvalue weighted by atomic mass is 16.9. The Kier molecular flexibility index (Phi) is 6.30. The zero-order valence-corrected chi connectivity index (χ0v) is 28.9. The predicted octanol–water partition coefficient (Wildman–Crippen LogP) is 3.44. The van der Waals surface area contributed by atoms with Gasteiger partial charge in [-0.1, -0.05) is 20.8 Å². The fourth-order valence-electron chi connectivity index (χ4n) is 12.8. The maximum absolute atomic E-state index is 13.8. The monoisotopic (exact) mass is 686 g/mol. The third-order valence-electron chi connectivity index (χ3n) is 13.8. The molecule has 8 rings (SSSR count). The number of ether oxygens (including phenoxy) is 8.